The summed E-state index contributed by atoms with van der Waals surface area (Å²) in [5, 5.41) is 10.3. The minimum absolute atomic E-state index is 0.0448. The van der Waals surface area contributed by atoms with E-state index >= 15 is 0 Å². The van der Waals surface area contributed by atoms with Gasteiger partial charge in [0.05, 0.1) is 0 Å². The Bertz CT molecular complexity index is 565. The third-order valence-electron chi connectivity index (χ3n) is 5.97. The van der Waals surface area contributed by atoms with Gasteiger partial charge in [0.15, 0.2) is 0 Å². The Morgan fingerprint density at radius 1 is 0.767 bits per heavy atom. The number of hydrogen-bond acceptors (Lipinski definition) is 3. The Morgan fingerprint density at radius 2 is 1.30 bits per heavy atom. The molecular weight excluding hydrogens is 386 g/mol. The maximum atomic E-state index is 10.3. The smallest absolute Gasteiger partial charge is 0.119 e. The summed E-state index contributed by atoms with van der Waals surface area (Å²) in [5.74, 6) is 2.97. The lowest BCUT2D eigenvalue weighted by Crippen LogP contribution is -2.13. The molecule has 0 fully saturated rings. The first kappa shape index (κ1) is 27.4. The van der Waals surface area contributed by atoms with Crippen LogP contribution >= 0.6 is 11.8 Å². The zero-order valence-electron chi connectivity index (χ0n) is 20.4. The highest BCUT2D eigenvalue weighted by Gasteiger charge is 2.20. The molecule has 0 saturated heterocycles. The van der Waals surface area contributed by atoms with Gasteiger partial charge in [0, 0.05) is 6.54 Å². The second-order valence-electron chi connectivity index (χ2n) is 9.84. The summed E-state index contributed by atoms with van der Waals surface area (Å²) in [6.45, 7) is 9.24. The van der Waals surface area contributed by atoms with Crippen LogP contribution in [0.4, 0.5) is 0 Å². The van der Waals surface area contributed by atoms with Crippen LogP contribution in [0.2, 0.25) is 0 Å². The van der Waals surface area contributed by atoms with Crippen LogP contribution in [0.25, 0.3) is 0 Å². The molecule has 0 atom stereocenters. The number of benzene rings is 1. The Labute approximate surface area is 191 Å². The van der Waals surface area contributed by atoms with Gasteiger partial charge in [-0.1, -0.05) is 91.5 Å². The molecule has 1 aromatic carbocycles. The van der Waals surface area contributed by atoms with E-state index in [1.165, 1.54) is 94.1 Å². The van der Waals surface area contributed by atoms with Crippen LogP contribution in [0, 0.1) is 0 Å². The normalized spacial score (nSPS) is 11.9. The van der Waals surface area contributed by atoms with Crippen molar-refractivity contribution < 1.29 is 5.11 Å². The first-order valence-corrected chi connectivity index (χ1v) is 13.7. The van der Waals surface area contributed by atoms with E-state index in [9.17, 15) is 5.11 Å². The first-order valence-electron chi connectivity index (χ1n) is 12.5. The maximum Gasteiger partial charge on any atom is 0.119 e. The Kier molecular flexibility index (Phi) is 14.6. The van der Waals surface area contributed by atoms with E-state index in [1.54, 1.807) is 0 Å². The van der Waals surface area contributed by atoms with E-state index in [0.717, 1.165) is 17.5 Å². The molecule has 0 aliphatic carbocycles. The van der Waals surface area contributed by atoms with Crippen molar-refractivity contribution in [2.75, 3.05) is 11.5 Å². The van der Waals surface area contributed by atoms with Crippen LogP contribution in [0.5, 0.6) is 5.75 Å². The molecule has 0 unspecified atom stereocenters. The molecule has 0 amide bonds. The van der Waals surface area contributed by atoms with Crippen LogP contribution in [0.1, 0.15) is 121 Å². The number of phenols is 1. The van der Waals surface area contributed by atoms with Crippen LogP contribution in [-0.2, 0) is 18.4 Å². The fourth-order valence-corrected chi connectivity index (χ4v) is 5.03. The summed E-state index contributed by atoms with van der Waals surface area (Å²) in [7, 11) is 0. The minimum atomic E-state index is -0.0448. The SMILES string of the molecule is CCCCCCCCCCCCSCCCCc1cc(C(C)(C)C)c(O)cc1CN. The van der Waals surface area contributed by atoms with E-state index in [2.05, 4.69) is 45.5 Å². The van der Waals surface area contributed by atoms with Gasteiger partial charge in [0.2, 0.25) is 0 Å². The van der Waals surface area contributed by atoms with Gasteiger partial charge in [-0.25, -0.2) is 0 Å². The lowest BCUT2D eigenvalue weighted by molar-refractivity contribution is 0.445. The molecule has 0 aliphatic rings. The summed E-state index contributed by atoms with van der Waals surface area (Å²) in [6, 6.07) is 4.07. The second kappa shape index (κ2) is 16.0. The highest BCUT2D eigenvalue weighted by Crippen LogP contribution is 2.33. The van der Waals surface area contributed by atoms with E-state index in [0.29, 0.717) is 12.3 Å². The van der Waals surface area contributed by atoms with Crippen molar-refractivity contribution in [3.63, 3.8) is 0 Å². The summed E-state index contributed by atoms with van der Waals surface area (Å²) in [5.41, 5.74) is 9.32. The topological polar surface area (TPSA) is 46.2 Å². The summed E-state index contributed by atoms with van der Waals surface area (Å²) >= 11 is 2.12. The number of rotatable bonds is 17. The quantitative estimate of drug-likeness (QED) is 0.243. The molecule has 3 heteroatoms. The lowest BCUT2D eigenvalue weighted by atomic mass is 9.83. The number of hydrogen-bond donors (Lipinski definition) is 2. The second-order valence-corrected chi connectivity index (χ2v) is 11.1. The lowest BCUT2D eigenvalue weighted by Gasteiger charge is -2.23. The van der Waals surface area contributed by atoms with Gasteiger partial charge in [-0.05, 0) is 65.4 Å². The number of thioether (sulfide) groups is 1. The van der Waals surface area contributed by atoms with Crippen LogP contribution in [-0.4, -0.2) is 16.6 Å². The van der Waals surface area contributed by atoms with Crippen molar-refractivity contribution in [1.82, 2.24) is 0 Å². The molecule has 3 N–H and O–H groups in total. The van der Waals surface area contributed by atoms with E-state index in [1.807, 2.05) is 6.07 Å². The third kappa shape index (κ3) is 11.6. The minimum Gasteiger partial charge on any atom is -0.508 e. The fourth-order valence-electron chi connectivity index (χ4n) is 4.01. The van der Waals surface area contributed by atoms with E-state index in [4.69, 9.17) is 5.73 Å². The van der Waals surface area contributed by atoms with Gasteiger partial charge in [0.1, 0.15) is 5.75 Å². The number of aromatic hydroxyl groups is 1. The fraction of sp³-hybridized carbons (Fsp3) is 0.778. The molecule has 30 heavy (non-hydrogen) atoms. The maximum absolute atomic E-state index is 10.3. The van der Waals surface area contributed by atoms with Crippen LogP contribution in [0.3, 0.4) is 0 Å². The zero-order valence-corrected chi connectivity index (χ0v) is 21.2. The largest absolute Gasteiger partial charge is 0.508 e. The molecule has 0 aromatic heterocycles. The number of nitrogens with two attached hydrogens (primary N) is 1. The van der Waals surface area contributed by atoms with Crippen molar-refractivity contribution in [2.45, 2.75) is 123 Å². The van der Waals surface area contributed by atoms with Crippen LogP contribution in [0.15, 0.2) is 12.1 Å². The molecule has 0 heterocycles. The average Bonchev–Trinajstić information content (AvgIpc) is 2.70. The monoisotopic (exact) mass is 435 g/mol. The van der Waals surface area contributed by atoms with Gasteiger partial charge in [-0.15, -0.1) is 0 Å². The molecule has 0 radical (unpaired) electrons. The molecule has 1 rings (SSSR count). The molecule has 0 saturated carbocycles. The Hall–Kier alpha value is -0.670. The summed E-state index contributed by atoms with van der Waals surface area (Å²) < 4.78 is 0. The molecule has 2 nitrogen and oxygen atoms in total. The number of phenolic OH excluding ortho intramolecular Hbond substituents is 1. The van der Waals surface area contributed by atoms with Gasteiger partial charge in [-0.2, -0.15) is 11.8 Å². The summed E-state index contributed by atoms with van der Waals surface area (Å²) in [4.78, 5) is 0. The standard InChI is InChI=1S/C27H49NOS/c1-5-6-7-8-9-10-11-12-13-15-18-30-19-16-14-17-23-20-25(27(2,3)4)26(29)21-24(23)22-28/h20-21,29H,5-19,22,28H2,1-4H3. The van der Waals surface area contributed by atoms with Gasteiger partial charge in [0.25, 0.3) is 0 Å². The van der Waals surface area contributed by atoms with Crippen molar-refractivity contribution in [2.24, 2.45) is 5.73 Å². The van der Waals surface area contributed by atoms with E-state index in [-0.39, 0.29) is 5.41 Å². The molecule has 0 aliphatic heterocycles. The first-order chi connectivity index (χ1) is 14.4. The number of aryl methyl sites for hydroxylation is 1. The average molecular weight is 436 g/mol. The number of unbranched alkanes of at least 4 members (excludes halogenated alkanes) is 10. The van der Waals surface area contributed by atoms with Crippen LogP contribution < -0.4 is 5.73 Å². The molecule has 0 spiro atoms. The molecule has 0 bridgehead atoms. The predicted molar refractivity (Wildman–Crippen MR) is 137 cm³/mol. The highest BCUT2D eigenvalue weighted by molar-refractivity contribution is 7.99. The zero-order chi connectivity index (χ0) is 22.2. The molecule has 174 valence electrons. The van der Waals surface area contributed by atoms with Crippen molar-refractivity contribution in [1.29, 1.82) is 0 Å². The molecular formula is C27H49NOS. The summed E-state index contributed by atoms with van der Waals surface area (Å²) in [6.07, 6.45) is 17.7. The van der Waals surface area contributed by atoms with Gasteiger partial charge in [-0.3, -0.25) is 0 Å². The predicted octanol–water partition coefficient (Wildman–Crippen LogP) is 8.13. The van der Waals surface area contributed by atoms with Crippen molar-refractivity contribution >= 4 is 11.8 Å². The van der Waals surface area contributed by atoms with Crippen molar-refractivity contribution in [3.8, 4) is 5.75 Å². The third-order valence-corrected chi connectivity index (χ3v) is 7.13. The van der Waals surface area contributed by atoms with Gasteiger partial charge < -0.3 is 10.8 Å². The Morgan fingerprint density at radius 3 is 1.83 bits per heavy atom. The van der Waals surface area contributed by atoms with Crippen molar-refractivity contribution in [3.05, 3.63) is 28.8 Å². The molecule has 1 aromatic rings. The highest BCUT2D eigenvalue weighted by atomic mass is 32.2. The van der Waals surface area contributed by atoms with Gasteiger partial charge >= 0.3 is 0 Å². The Balaban J connectivity index is 2.10. The van der Waals surface area contributed by atoms with E-state index < -0.39 is 0 Å².